The Morgan fingerprint density at radius 3 is 2.13 bits per heavy atom. The second-order valence-electron chi connectivity index (χ2n) is 8.51. The van der Waals surface area contributed by atoms with Crippen molar-refractivity contribution in [2.24, 2.45) is 40.9 Å². The van der Waals surface area contributed by atoms with Gasteiger partial charge in [0.1, 0.15) is 6.10 Å². The van der Waals surface area contributed by atoms with Gasteiger partial charge in [0.2, 0.25) is 0 Å². The quantitative estimate of drug-likeness (QED) is 0.794. The first kappa shape index (κ1) is 18.3. The molecule has 2 saturated carbocycles. The number of hydrogen-bond donors (Lipinski definition) is 1. The fourth-order valence-electron chi connectivity index (χ4n) is 5.07. The van der Waals surface area contributed by atoms with Crippen LogP contribution in [0.25, 0.3) is 0 Å². The van der Waals surface area contributed by atoms with E-state index in [1.54, 1.807) is 0 Å². The van der Waals surface area contributed by atoms with Crippen LogP contribution in [0.15, 0.2) is 0 Å². The molecular formula is C19H32O4. The Hall–Kier alpha value is -1.06. The van der Waals surface area contributed by atoms with Gasteiger partial charge >= 0.3 is 11.9 Å². The van der Waals surface area contributed by atoms with Gasteiger partial charge in [-0.15, -0.1) is 0 Å². The van der Waals surface area contributed by atoms with Crippen LogP contribution in [-0.2, 0) is 14.3 Å². The fraction of sp³-hybridized carbons (Fsp3) is 0.895. The summed E-state index contributed by atoms with van der Waals surface area (Å²) in [6, 6.07) is 0. The molecule has 0 aromatic rings. The lowest BCUT2D eigenvalue weighted by Crippen LogP contribution is -2.35. The highest BCUT2D eigenvalue weighted by Crippen LogP contribution is 2.50. The van der Waals surface area contributed by atoms with Crippen molar-refractivity contribution in [2.45, 2.75) is 66.9 Å². The summed E-state index contributed by atoms with van der Waals surface area (Å²) in [5.41, 5.74) is 0.153. The van der Waals surface area contributed by atoms with Crippen LogP contribution in [0.3, 0.4) is 0 Å². The third-order valence-electron chi connectivity index (χ3n) is 6.97. The molecule has 1 N–H and O–H groups in total. The molecule has 7 atom stereocenters. The third kappa shape index (κ3) is 3.14. The van der Waals surface area contributed by atoms with E-state index < -0.39 is 17.8 Å². The van der Waals surface area contributed by atoms with Crippen LogP contribution in [0.1, 0.15) is 60.8 Å². The van der Waals surface area contributed by atoms with Gasteiger partial charge in [0, 0.05) is 0 Å². The van der Waals surface area contributed by atoms with Gasteiger partial charge in [-0.25, -0.2) is 0 Å². The number of aliphatic carboxylic acids is 1. The van der Waals surface area contributed by atoms with Crippen molar-refractivity contribution in [2.75, 3.05) is 0 Å². The summed E-state index contributed by atoms with van der Waals surface area (Å²) in [5, 5.41) is 9.49. The minimum absolute atomic E-state index is 0.0286. The van der Waals surface area contributed by atoms with Crippen molar-refractivity contribution in [3.8, 4) is 0 Å². The lowest BCUT2D eigenvalue weighted by Gasteiger charge is -2.31. The highest BCUT2D eigenvalue weighted by atomic mass is 16.5. The molecule has 0 bridgehead atoms. The van der Waals surface area contributed by atoms with Gasteiger partial charge < -0.3 is 9.84 Å². The van der Waals surface area contributed by atoms with E-state index in [-0.39, 0.29) is 29.3 Å². The molecule has 0 aromatic heterocycles. The summed E-state index contributed by atoms with van der Waals surface area (Å²) in [5.74, 6) is -1.32. The van der Waals surface area contributed by atoms with Gasteiger partial charge in [0.25, 0.3) is 0 Å². The predicted octanol–water partition coefficient (Wildman–Crippen LogP) is 3.98. The number of carboxylic acids is 1. The van der Waals surface area contributed by atoms with Crippen LogP contribution in [0.2, 0.25) is 0 Å². The Morgan fingerprint density at radius 1 is 1.09 bits per heavy atom. The number of ether oxygens (including phenoxy) is 1. The number of rotatable bonds is 4. The minimum atomic E-state index is -0.866. The molecule has 23 heavy (non-hydrogen) atoms. The summed E-state index contributed by atoms with van der Waals surface area (Å²) in [6.45, 7) is 12.7. The van der Waals surface area contributed by atoms with Crippen molar-refractivity contribution >= 4 is 11.9 Å². The van der Waals surface area contributed by atoms with Crippen LogP contribution in [-0.4, -0.2) is 23.1 Å². The molecule has 132 valence electrons. The first-order chi connectivity index (χ1) is 10.6. The Bertz CT molecular complexity index is 470. The topological polar surface area (TPSA) is 63.6 Å². The van der Waals surface area contributed by atoms with E-state index >= 15 is 0 Å². The number of carbonyl (C=O) groups excluding carboxylic acids is 1. The van der Waals surface area contributed by atoms with Gasteiger partial charge in [-0.05, 0) is 41.9 Å². The van der Waals surface area contributed by atoms with Gasteiger partial charge in [-0.3, -0.25) is 9.59 Å². The largest absolute Gasteiger partial charge is 0.481 e. The molecule has 2 aliphatic carbocycles. The van der Waals surface area contributed by atoms with Gasteiger partial charge in [-0.1, -0.05) is 48.0 Å². The summed E-state index contributed by atoms with van der Waals surface area (Å²) in [6.07, 6.45) is 2.67. The van der Waals surface area contributed by atoms with Crippen LogP contribution in [0.4, 0.5) is 0 Å². The van der Waals surface area contributed by atoms with E-state index in [4.69, 9.17) is 4.74 Å². The highest BCUT2D eigenvalue weighted by molar-refractivity contribution is 5.82. The van der Waals surface area contributed by atoms with E-state index in [2.05, 4.69) is 27.7 Å². The maximum absolute atomic E-state index is 12.7. The van der Waals surface area contributed by atoms with Gasteiger partial charge in [-0.2, -0.15) is 0 Å². The molecule has 0 saturated heterocycles. The molecule has 0 aliphatic heterocycles. The standard InChI is InChI=1S/C19H32O4/c1-7-13-9-14(12(4)19(13,5)6)23-18(22)16-11(3)8-10(2)15(16)17(20)21/h10-16H,7-9H2,1-6H3,(H,20,21). The van der Waals surface area contributed by atoms with E-state index in [1.165, 1.54) is 0 Å². The zero-order valence-electron chi connectivity index (χ0n) is 15.3. The van der Waals surface area contributed by atoms with Crippen molar-refractivity contribution in [3.63, 3.8) is 0 Å². The van der Waals surface area contributed by atoms with Crippen LogP contribution in [0.5, 0.6) is 0 Å². The van der Waals surface area contributed by atoms with Gasteiger partial charge in [0.15, 0.2) is 0 Å². The molecule has 4 heteroatoms. The van der Waals surface area contributed by atoms with Gasteiger partial charge in [0.05, 0.1) is 11.8 Å². The molecule has 2 fully saturated rings. The highest BCUT2D eigenvalue weighted by Gasteiger charge is 2.51. The fourth-order valence-corrected chi connectivity index (χ4v) is 5.07. The number of carbonyl (C=O) groups is 2. The van der Waals surface area contributed by atoms with Crippen molar-refractivity contribution in [1.82, 2.24) is 0 Å². The molecule has 7 unspecified atom stereocenters. The lowest BCUT2D eigenvalue weighted by molar-refractivity contribution is -0.164. The Morgan fingerprint density at radius 2 is 1.65 bits per heavy atom. The monoisotopic (exact) mass is 324 g/mol. The maximum atomic E-state index is 12.7. The van der Waals surface area contributed by atoms with E-state index in [9.17, 15) is 14.7 Å². The number of hydrogen-bond acceptors (Lipinski definition) is 3. The molecule has 0 spiro atoms. The Balaban J connectivity index is 2.11. The van der Waals surface area contributed by atoms with Crippen LogP contribution < -0.4 is 0 Å². The molecule has 0 aromatic carbocycles. The predicted molar refractivity (Wildman–Crippen MR) is 88.8 cm³/mol. The average molecular weight is 324 g/mol. The Kier molecular flexibility index (Phi) is 5.12. The Labute approximate surface area is 140 Å². The lowest BCUT2D eigenvalue weighted by atomic mass is 9.75. The van der Waals surface area contributed by atoms with Crippen molar-refractivity contribution in [3.05, 3.63) is 0 Å². The smallest absolute Gasteiger partial charge is 0.310 e. The van der Waals surface area contributed by atoms with Crippen LogP contribution in [0, 0.1) is 40.9 Å². The van der Waals surface area contributed by atoms with E-state index in [0.29, 0.717) is 11.8 Å². The number of carboxylic acid groups (broad SMARTS) is 1. The summed E-state index contributed by atoms with van der Waals surface area (Å²) >= 11 is 0. The molecular weight excluding hydrogens is 292 g/mol. The average Bonchev–Trinajstić information content (AvgIpc) is 2.86. The first-order valence-electron chi connectivity index (χ1n) is 9.04. The second kappa shape index (κ2) is 6.45. The van der Waals surface area contributed by atoms with Crippen molar-refractivity contribution in [1.29, 1.82) is 0 Å². The summed E-state index contributed by atoms with van der Waals surface area (Å²) in [4.78, 5) is 24.3. The summed E-state index contributed by atoms with van der Waals surface area (Å²) < 4.78 is 5.87. The normalized spacial score (nSPS) is 42.6. The molecule has 4 nitrogen and oxygen atoms in total. The SMILES string of the molecule is CCC1CC(OC(=O)C2C(C)CC(C)C2C(=O)O)C(C)C1(C)C. The second-order valence-corrected chi connectivity index (χ2v) is 8.51. The molecule has 2 aliphatic rings. The van der Waals surface area contributed by atoms with Crippen LogP contribution >= 0.6 is 0 Å². The van der Waals surface area contributed by atoms with E-state index in [0.717, 1.165) is 19.3 Å². The number of esters is 1. The molecule has 0 radical (unpaired) electrons. The zero-order chi connectivity index (χ0) is 17.5. The molecule has 0 amide bonds. The zero-order valence-corrected chi connectivity index (χ0v) is 15.3. The maximum Gasteiger partial charge on any atom is 0.310 e. The van der Waals surface area contributed by atoms with Crippen molar-refractivity contribution < 1.29 is 19.4 Å². The first-order valence-corrected chi connectivity index (χ1v) is 9.04. The summed E-state index contributed by atoms with van der Waals surface area (Å²) in [7, 11) is 0. The van der Waals surface area contributed by atoms with E-state index in [1.807, 2.05) is 13.8 Å². The molecule has 2 rings (SSSR count). The molecule has 0 heterocycles. The third-order valence-corrected chi connectivity index (χ3v) is 6.97. The minimum Gasteiger partial charge on any atom is -0.481 e.